The molecule has 2 amide bonds. The van der Waals surface area contributed by atoms with Gasteiger partial charge in [-0.25, -0.2) is 10.2 Å². The summed E-state index contributed by atoms with van der Waals surface area (Å²) in [5.41, 5.74) is 4.92. The summed E-state index contributed by atoms with van der Waals surface area (Å²) in [5, 5.41) is 6.75. The monoisotopic (exact) mass is 289 g/mol. The Labute approximate surface area is 123 Å². The van der Waals surface area contributed by atoms with Crippen LogP contribution in [0.25, 0.3) is 0 Å². The van der Waals surface area contributed by atoms with Crippen molar-refractivity contribution in [2.75, 3.05) is 11.9 Å². The van der Waals surface area contributed by atoms with Crippen molar-refractivity contribution in [3.05, 3.63) is 29.8 Å². The minimum absolute atomic E-state index is 0.0665. The molecule has 0 radical (unpaired) electrons. The first kappa shape index (κ1) is 15.0. The number of hydrogen-bond acceptors (Lipinski definition) is 4. The van der Waals surface area contributed by atoms with Gasteiger partial charge in [-0.3, -0.25) is 10.1 Å². The maximum Gasteiger partial charge on any atom is 0.411 e. The summed E-state index contributed by atoms with van der Waals surface area (Å²) in [6, 6.07) is 7.30. The average Bonchev–Trinajstić information content (AvgIpc) is 2.46. The van der Waals surface area contributed by atoms with Crippen LogP contribution in [0.4, 0.5) is 10.5 Å². The second kappa shape index (κ2) is 6.88. The Morgan fingerprint density at radius 2 is 2.14 bits per heavy atom. The van der Waals surface area contributed by atoms with E-state index in [9.17, 15) is 9.59 Å². The van der Waals surface area contributed by atoms with Gasteiger partial charge in [0.15, 0.2) is 0 Å². The normalized spacial score (nSPS) is 17.7. The highest BCUT2D eigenvalue weighted by atomic mass is 16.5. The molecule has 6 nitrogen and oxygen atoms in total. The van der Waals surface area contributed by atoms with Crippen molar-refractivity contribution in [3.8, 4) is 0 Å². The molecule has 0 aromatic heterocycles. The van der Waals surface area contributed by atoms with Crippen LogP contribution < -0.4 is 10.7 Å². The highest BCUT2D eigenvalue weighted by Gasteiger charge is 2.21. The number of hydrogen-bond donors (Lipinski definition) is 2. The zero-order valence-corrected chi connectivity index (χ0v) is 12.2. The molecule has 1 aliphatic rings. The highest BCUT2D eigenvalue weighted by molar-refractivity contribution is 6.06. The summed E-state index contributed by atoms with van der Waals surface area (Å²) in [6.07, 6.45) is 0.762. The van der Waals surface area contributed by atoms with E-state index in [-0.39, 0.29) is 11.8 Å². The number of benzene rings is 1. The fourth-order valence-corrected chi connectivity index (χ4v) is 2.08. The molecule has 1 atom stereocenters. The lowest BCUT2D eigenvalue weighted by atomic mass is 9.94. The van der Waals surface area contributed by atoms with Crippen molar-refractivity contribution < 1.29 is 14.3 Å². The quantitative estimate of drug-likeness (QED) is 0.893. The van der Waals surface area contributed by atoms with Crippen LogP contribution in [0.15, 0.2) is 29.4 Å². The van der Waals surface area contributed by atoms with E-state index >= 15 is 0 Å². The van der Waals surface area contributed by atoms with Crippen LogP contribution >= 0.6 is 0 Å². The van der Waals surface area contributed by atoms with Gasteiger partial charge in [0.25, 0.3) is 0 Å². The molecule has 2 N–H and O–H groups in total. The summed E-state index contributed by atoms with van der Waals surface area (Å²) in [5.74, 6) is 0.00952. The molecule has 21 heavy (non-hydrogen) atoms. The third-order valence-corrected chi connectivity index (χ3v) is 3.12. The molecule has 0 saturated carbocycles. The SMILES string of the molecule is CCCOC(=O)Nc1ccc(C2=NNC(=O)CC2C)cc1. The van der Waals surface area contributed by atoms with Crippen LogP contribution in [0.3, 0.4) is 0 Å². The van der Waals surface area contributed by atoms with E-state index in [0.29, 0.717) is 18.7 Å². The van der Waals surface area contributed by atoms with Gasteiger partial charge in [-0.1, -0.05) is 26.0 Å². The summed E-state index contributed by atoms with van der Waals surface area (Å²) in [4.78, 5) is 22.7. The second-order valence-electron chi connectivity index (χ2n) is 4.98. The highest BCUT2D eigenvalue weighted by Crippen LogP contribution is 2.18. The summed E-state index contributed by atoms with van der Waals surface area (Å²) >= 11 is 0. The maximum absolute atomic E-state index is 11.4. The van der Waals surface area contributed by atoms with Gasteiger partial charge in [-0.15, -0.1) is 0 Å². The Morgan fingerprint density at radius 3 is 2.76 bits per heavy atom. The molecular formula is C15H19N3O3. The van der Waals surface area contributed by atoms with Gasteiger partial charge in [-0.2, -0.15) is 5.10 Å². The first-order chi connectivity index (χ1) is 10.1. The molecule has 1 unspecified atom stereocenters. The summed E-state index contributed by atoms with van der Waals surface area (Å²) < 4.78 is 4.95. The zero-order chi connectivity index (χ0) is 15.2. The van der Waals surface area contributed by atoms with Crippen molar-refractivity contribution in [2.24, 2.45) is 11.0 Å². The predicted octanol–water partition coefficient (Wildman–Crippen LogP) is 2.51. The molecule has 0 fully saturated rings. The molecule has 0 saturated heterocycles. The van der Waals surface area contributed by atoms with E-state index in [1.165, 1.54) is 0 Å². The fourth-order valence-electron chi connectivity index (χ4n) is 2.08. The fraction of sp³-hybridized carbons (Fsp3) is 0.400. The Hall–Kier alpha value is -2.37. The molecule has 0 bridgehead atoms. The van der Waals surface area contributed by atoms with Gasteiger partial charge in [0.05, 0.1) is 12.3 Å². The van der Waals surface area contributed by atoms with Crippen molar-refractivity contribution in [1.29, 1.82) is 0 Å². The van der Waals surface area contributed by atoms with E-state index in [4.69, 9.17) is 4.74 Å². The Balaban J connectivity index is 2.02. The smallest absolute Gasteiger partial charge is 0.411 e. The van der Waals surface area contributed by atoms with E-state index in [0.717, 1.165) is 17.7 Å². The first-order valence-electron chi connectivity index (χ1n) is 7.00. The molecule has 6 heteroatoms. The second-order valence-corrected chi connectivity index (χ2v) is 4.98. The van der Waals surface area contributed by atoms with Crippen molar-refractivity contribution in [1.82, 2.24) is 5.43 Å². The van der Waals surface area contributed by atoms with E-state index in [1.807, 2.05) is 26.0 Å². The van der Waals surface area contributed by atoms with Crippen LogP contribution in [-0.2, 0) is 9.53 Å². The molecule has 0 aliphatic carbocycles. The van der Waals surface area contributed by atoms with Gasteiger partial charge in [0.1, 0.15) is 0 Å². The number of carbonyl (C=O) groups is 2. The summed E-state index contributed by atoms with van der Waals surface area (Å²) in [7, 11) is 0. The van der Waals surface area contributed by atoms with Gasteiger partial charge >= 0.3 is 6.09 Å². The zero-order valence-electron chi connectivity index (χ0n) is 12.2. The molecule has 1 heterocycles. The van der Waals surface area contributed by atoms with Crippen LogP contribution in [0.1, 0.15) is 32.3 Å². The molecule has 112 valence electrons. The number of rotatable bonds is 4. The number of carbonyl (C=O) groups excluding carboxylic acids is 2. The Bertz CT molecular complexity index is 552. The minimum Gasteiger partial charge on any atom is -0.449 e. The molecule has 1 aromatic rings. The first-order valence-corrected chi connectivity index (χ1v) is 7.00. The van der Waals surface area contributed by atoms with E-state index < -0.39 is 6.09 Å². The Morgan fingerprint density at radius 1 is 1.43 bits per heavy atom. The van der Waals surface area contributed by atoms with Crippen molar-refractivity contribution in [2.45, 2.75) is 26.7 Å². The molecule has 1 aromatic carbocycles. The van der Waals surface area contributed by atoms with Crippen molar-refractivity contribution >= 4 is 23.4 Å². The van der Waals surface area contributed by atoms with Gasteiger partial charge < -0.3 is 4.74 Å². The third kappa shape index (κ3) is 4.05. The summed E-state index contributed by atoms with van der Waals surface area (Å²) in [6.45, 7) is 4.30. The molecule has 0 spiro atoms. The minimum atomic E-state index is -0.458. The standard InChI is InChI=1S/C15H19N3O3/c1-3-8-21-15(20)16-12-6-4-11(5-7-12)14-10(2)9-13(19)17-18-14/h4-7,10H,3,8-9H2,1-2H3,(H,16,20)(H,17,19). The number of nitrogens with zero attached hydrogens (tertiary/aromatic N) is 1. The average molecular weight is 289 g/mol. The van der Waals surface area contributed by atoms with Gasteiger partial charge in [0, 0.05) is 18.0 Å². The van der Waals surface area contributed by atoms with E-state index in [2.05, 4.69) is 15.8 Å². The predicted molar refractivity (Wildman–Crippen MR) is 80.2 cm³/mol. The topological polar surface area (TPSA) is 79.8 Å². The largest absolute Gasteiger partial charge is 0.449 e. The van der Waals surface area contributed by atoms with Crippen LogP contribution in [-0.4, -0.2) is 24.3 Å². The number of ether oxygens (including phenoxy) is 1. The molecule has 1 aliphatic heterocycles. The van der Waals surface area contributed by atoms with Crippen LogP contribution in [0, 0.1) is 5.92 Å². The number of nitrogens with one attached hydrogen (secondary N) is 2. The number of anilines is 1. The van der Waals surface area contributed by atoms with Crippen molar-refractivity contribution in [3.63, 3.8) is 0 Å². The maximum atomic E-state index is 11.4. The van der Waals surface area contributed by atoms with Crippen LogP contribution in [0.2, 0.25) is 0 Å². The Kier molecular flexibility index (Phi) is 4.92. The third-order valence-electron chi connectivity index (χ3n) is 3.12. The molecule has 2 rings (SSSR count). The number of hydrazone groups is 1. The lowest BCUT2D eigenvalue weighted by Gasteiger charge is -2.19. The molecular weight excluding hydrogens is 270 g/mol. The lowest BCUT2D eigenvalue weighted by Crippen LogP contribution is -2.31. The number of amides is 2. The van der Waals surface area contributed by atoms with Crippen LogP contribution in [0.5, 0.6) is 0 Å². The van der Waals surface area contributed by atoms with Gasteiger partial charge in [-0.05, 0) is 24.1 Å². The van der Waals surface area contributed by atoms with E-state index in [1.54, 1.807) is 12.1 Å². The lowest BCUT2D eigenvalue weighted by molar-refractivity contribution is -0.121. The van der Waals surface area contributed by atoms with Gasteiger partial charge in [0.2, 0.25) is 5.91 Å².